The van der Waals surface area contributed by atoms with Crippen LogP contribution in [0.25, 0.3) is 0 Å². The van der Waals surface area contributed by atoms with Gasteiger partial charge in [-0.1, -0.05) is 18.6 Å². The van der Waals surface area contributed by atoms with Crippen LogP contribution < -0.4 is 10.0 Å². The van der Waals surface area contributed by atoms with Gasteiger partial charge < -0.3 is 10.4 Å². The summed E-state index contributed by atoms with van der Waals surface area (Å²) in [6.45, 7) is 4.28. The van der Waals surface area contributed by atoms with Crippen molar-refractivity contribution in [3.8, 4) is 0 Å². The van der Waals surface area contributed by atoms with Crippen molar-refractivity contribution in [1.29, 1.82) is 0 Å². The second-order valence-corrected chi connectivity index (χ2v) is 8.41. The number of anilines is 1. The maximum Gasteiger partial charge on any atom is 0.335 e. The zero-order valence-electron chi connectivity index (χ0n) is 15.4. The molecule has 3 N–H and O–H groups in total. The van der Waals surface area contributed by atoms with Crippen LogP contribution in [0.1, 0.15) is 62.7 Å². The van der Waals surface area contributed by atoms with Crippen LogP contribution in [0.5, 0.6) is 0 Å². The molecule has 1 aliphatic rings. The number of carbonyl (C=O) groups is 1. The first-order chi connectivity index (χ1) is 12.3. The molecule has 7 heteroatoms. The number of hydrogen-bond acceptors (Lipinski definition) is 4. The average Bonchev–Trinajstić information content (AvgIpc) is 2.62. The SMILES string of the molecule is CCC(C)NS(=O)(=O)c1cc(C(=O)O)ccc1NCCC1=CCCCC1. The van der Waals surface area contributed by atoms with Crippen molar-refractivity contribution < 1.29 is 18.3 Å². The lowest BCUT2D eigenvalue weighted by Crippen LogP contribution is -2.32. The standard InChI is InChI=1S/C19H28N2O4S/c1-3-14(2)21-26(24,25)18-13-16(19(22)23)9-10-17(18)20-12-11-15-7-5-4-6-8-15/h7,9-10,13-14,20-21H,3-6,8,11-12H2,1-2H3,(H,22,23). The normalized spacial score (nSPS) is 16.0. The molecule has 1 aliphatic carbocycles. The molecule has 1 aromatic rings. The molecule has 0 saturated carbocycles. The minimum atomic E-state index is -3.80. The molecule has 0 bridgehead atoms. The average molecular weight is 381 g/mol. The van der Waals surface area contributed by atoms with Gasteiger partial charge >= 0.3 is 5.97 Å². The van der Waals surface area contributed by atoms with Crippen LogP contribution in [0.3, 0.4) is 0 Å². The van der Waals surface area contributed by atoms with Crippen molar-refractivity contribution in [2.24, 2.45) is 0 Å². The molecule has 0 aliphatic heterocycles. The molecule has 1 aromatic carbocycles. The summed E-state index contributed by atoms with van der Waals surface area (Å²) in [5.74, 6) is -1.15. The number of rotatable bonds is 9. The van der Waals surface area contributed by atoms with Crippen molar-refractivity contribution in [2.45, 2.75) is 63.3 Å². The van der Waals surface area contributed by atoms with Gasteiger partial charge in [-0.25, -0.2) is 17.9 Å². The van der Waals surface area contributed by atoms with Crippen molar-refractivity contribution in [3.63, 3.8) is 0 Å². The Labute approximate surface area is 155 Å². The maximum absolute atomic E-state index is 12.7. The van der Waals surface area contributed by atoms with Crippen molar-refractivity contribution in [1.82, 2.24) is 4.72 Å². The Balaban J connectivity index is 2.21. The zero-order valence-corrected chi connectivity index (χ0v) is 16.2. The van der Waals surface area contributed by atoms with E-state index in [1.54, 1.807) is 6.92 Å². The van der Waals surface area contributed by atoms with E-state index in [0.717, 1.165) is 19.3 Å². The van der Waals surface area contributed by atoms with Gasteiger partial charge in [-0.3, -0.25) is 0 Å². The van der Waals surface area contributed by atoms with Gasteiger partial charge in [0.25, 0.3) is 0 Å². The van der Waals surface area contributed by atoms with E-state index in [4.69, 9.17) is 0 Å². The summed E-state index contributed by atoms with van der Waals surface area (Å²) in [7, 11) is -3.80. The van der Waals surface area contributed by atoms with Crippen LogP contribution in [0.4, 0.5) is 5.69 Å². The molecule has 6 nitrogen and oxygen atoms in total. The summed E-state index contributed by atoms with van der Waals surface area (Å²) in [4.78, 5) is 11.2. The van der Waals surface area contributed by atoms with Gasteiger partial charge in [0.05, 0.1) is 11.3 Å². The van der Waals surface area contributed by atoms with E-state index in [1.165, 1.54) is 36.6 Å². The zero-order chi connectivity index (χ0) is 19.2. The van der Waals surface area contributed by atoms with Gasteiger partial charge in [-0.2, -0.15) is 0 Å². The van der Waals surface area contributed by atoms with Gasteiger partial charge in [0, 0.05) is 12.6 Å². The minimum absolute atomic E-state index is 0.0182. The Hall–Kier alpha value is -1.86. The largest absolute Gasteiger partial charge is 0.478 e. The van der Waals surface area contributed by atoms with Crippen LogP contribution in [-0.4, -0.2) is 32.1 Å². The number of carboxylic acids is 1. The molecule has 1 atom stereocenters. The molecular weight excluding hydrogens is 352 g/mol. The second-order valence-electron chi connectivity index (χ2n) is 6.73. The van der Waals surface area contributed by atoms with Gasteiger partial charge in [0.2, 0.25) is 10.0 Å². The second kappa shape index (κ2) is 9.19. The van der Waals surface area contributed by atoms with Gasteiger partial charge in [-0.05, 0) is 63.6 Å². The summed E-state index contributed by atoms with van der Waals surface area (Å²) in [6.07, 6.45) is 8.42. The van der Waals surface area contributed by atoms with Crippen molar-refractivity contribution >= 4 is 21.7 Å². The molecule has 0 fully saturated rings. The Morgan fingerprint density at radius 2 is 2.08 bits per heavy atom. The van der Waals surface area contributed by atoms with Crippen LogP contribution in [-0.2, 0) is 10.0 Å². The first kappa shape index (κ1) is 20.5. The van der Waals surface area contributed by atoms with E-state index >= 15 is 0 Å². The number of sulfonamides is 1. The summed E-state index contributed by atoms with van der Waals surface area (Å²) in [6, 6.07) is 3.94. The van der Waals surface area contributed by atoms with Crippen LogP contribution in [0.15, 0.2) is 34.7 Å². The maximum atomic E-state index is 12.7. The molecule has 0 spiro atoms. The molecule has 0 aromatic heterocycles. The number of carboxylic acid groups (broad SMARTS) is 1. The third-order valence-corrected chi connectivity index (χ3v) is 6.26. The van der Waals surface area contributed by atoms with Crippen molar-refractivity contribution in [3.05, 3.63) is 35.4 Å². The lowest BCUT2D eigenvalue weighted by Gasteiger charge is -2.18. The topological polar surface area (TPSA) is 95.5 Å². The van der Waals surface area contributed by atoms with Gasteiger partial charge in [0.1, 0.15) is 4.90 Å². The molecule has 144 valence electrons. The van der Waals surface area contributed by atoms with E-state index < -0.39 is 16.0 Å². The lowest BCUT2D eigenvalue weighted by atomic mass is 9.97. The number of benzene rings is 1. The van der Waals surface area contributed by atoms with E-state index in [-0.39, 0.29) is 16.5 Å². The lowest BCUT2D eigenvalue weighted by molar-refractivity contribution is 0.0696. The highest BCUT2D eigenvalue weighted by Crippen LogP contribution is 2.25. The van der Waals surface area contributed by atoms with E-state index in [9.17, 15) is 18.3 Å². The molecule has 1 unspecified atom stereocenters. The number of aromatic carboxylic acids is 1. The van der Waals surface area contributed by atoms with E-state index in [2.05, 4.69) is 16.1 Å². The first-order valence-corrected chi connectivity index (χ1v) is 10.6. The Kier molecular flexibility index (Phi) is 7.23. The smallest absolute Gasteiger partial charge is 0.335 e. The number of hydrogen-bond donors (Lipinski definition) is 3. The van der Waals surface area contributed by atoms with E-state index in [0.29, 0.717) is 18.7 Å². The highest BCUT2D eigenvalue weighted by Gasteiger charge is 2.22. The Bertz CT molecular complexity index is 772. The highest BCUT2D eigenvalue weighted by atomic mass is 32.2. The fourth-order valence-corrected chi connectivity index (χ4v) is 4.46. The molecule has 26 heavy (non-hydrogen) atoms. The molecule has 0 heterocycles. The fourth-order valence-electron chi connectivity index (χ4n) is 2.92. The summed E-state index contributed by atoms with van der Waals surface area (Å²) < 4.78 is 28.0. The number of nitrogens with one attached hydrogen (secondary N) is 2. The Morgan fingerprint density at radius 1 is 1.31 bits per heavy atom. The molecular formula is C19H28N2O4S. The van der Waals surface area contributed by atoms with Crippen LogP contribution in [0, 0.1) is 0 Å². The Morgan fingerprint density at radius 3 is 2.69 bits per heavy atom. The minimum Gasteiger partial charge on any atom is -0.478 e. The van der Waals surface area contributed by atoms with Gasteiger partial charge in [0.15, 0.2) is 0 Å². The van der Waals surface area contributed by atoms with Gasteiger partial charge in [-0.15, -0.1) is 0 Å². The van der Waals surface area contributed by atoms with E-state index in [1.807, 2.05) is 6.92 Å². The summed E-state index contributed by atoms with van der Waals surface area (Å²) in [5, 5.41) is 12.4. The molecule has 0 saturated heterocycles. The quantitative estimate of drug-likeness (QED) is 0.567. The number of allylic oxidation sites excluding steroid dienone is 1. The monoisotopic (exact) mass is 380 g/mol. The summed E-state index contributed by atoms with van der Waals surface area (Å²) >= 11 is 0. The van der Waals surface area contributed by atoms with Crippen molar-refractivity contribution in [2.75, 3.05) is 11.9 Å². The van der Waals surface area contributed by atoms with Crippen LogP contribution in [0.2, 0.25) is 0 Å². The third kappa shape index (κ3) is 5.57. The summed E-state index contributed by atoms with van der Waals surface area (Å²) in [5.41, 5.74) is 1.78. The predicted octanol–water partition coefficient (Wildman–Crippen LogP) is 3.76. The molecule has 0 radical (unpaired) electrons. The first-order valence-electron chi connectivity index (χ1n) is 9.15. The fraction of sp³-hybridized carbons (Fsp3) is 0.526. The third-order valence-electron chi connectivity index (χ3n) is 4.63. The van der Waals surface area contributed by atoms with Crippen LogP contribution >= 0.6 is 0 Å². The predicted molar refractivity (Wildman–Crippen MR) is 103 cm³/mol. The highest BCUT2D eigenvalue weighted by molar-refractivity contribution is 7.89. The molecule has 0 amide bonds. The molecule has 2 rings (SSSR count).